The highest BCUT2D eigenvalue weighted by atomic mass is 16.5. The van der Waals surface area contributed by atoms with E-state index in [9.17, 15) is 0 Å². The molecule has 1 aromatic rings. The summed E-state index contributed by atoms with van der Waals surface area (Å²) in [7, 11) is 2.15. The van der Waals surface area contributed by atoms with Gasteiger partial charge in [-0.15, -0.1) is 0 Å². The predicted molar refractivity (Wildman–Crippen MR) is 74.8 cm³/mol. The summed E-state index contributed by atoms with van der Waals surface area (Å²) in [5.41, 5.74) is 2.72. The third-order valence-electron chi connectivity index (χ3n) is 3.65. The summed E-state index contributed by atoms with van der Waals surface area (Å²) < 4.78 is 5.76. The molecule has 3 nitrogen and oxygen atoms in total. The van der Waals surface area contributed by atoms with E-state index in [1.165, 1.54) is 11.1 Å². The lowest BCUT2D eigenvalue weighted by molar-refractivity contribution is -0.0191. The number of ether oxygens (including phenoxy) is 1. The maximum atomic E-state index is 5.76. The van der Waals surface area contributed by atoms with Crippen LogP contribution >= 0.6 is 0 Å². The number of rotatable bonds is 4. The molecule has 2 atom stereocenters. The topological polar surface area (TPSA) is 24.5 Å². The van der Waals surface area contributed by atoms with Crippen molar-refractivity contribution in [3.63, 3.8) is 0 Å². The lowest BCUT2D eigenvalue weighted by Gasteiger charge is -2.31. The van der Waals surface area contributed by atoms with Crippen LogP contribution < -0.4 is 5.32 Å². The van der Waals surface area contributed by atoms with Crippen LogP contribution in [0.2, 0.25) is 0 Å². The normalized spacial score (nSPS) is 22.9. The monoisotopic (exact) mass is 248 g/mol. The van der Waals surface area contributed by atoms with Crippen molar-refractivity contribution in [2.24, 2.45) is 0 Å². The lowest BCUT2D eigenvalue weighted by Crippen LogP contribution is -2.45. The second-order valence-corrected chi connectivity index (χ2v) is 5.24. The minimum atomic E-state index is 0.315. The first-order chi connectivity index (χ1) is 8.66. The zero-order valence-corrected chi connectivity index (χ0v) is 11.6. The van der Waals surface area contributed by atoms with Crippen molar-refractivity contribution in [2.45, 2.75) is 26.0 Å². The van der Waals surface area contributed by atoms with Gasteiger partial charge in [-0.25, -0.2) is 0 Å². The first-order valence-electron chi connectivity index (χ1n) is 6.76. The maximum absolute atomic E-state index is 5.76. The number of hydrogen-bond acceptors (Lipinski definition) is 3. The molecule has 1 aliphatic rings. The molecule has 0 spiro atoms. The molecular weight excluding hydrogens is 224 g/mol. The van der Waals surface area contributed by atoms with E-state index in [0.717, 1.165) is 26.2 Å². The van der Waals surface area contributed by atoms with E-state index >= 15 is 0 Å². The van der Waals surface area contributed by atoms with Crippen molar-refractivity contribution >= 4 is 0 Å². The molecule has 3 heteroatoms. The molecule has 2 rings (SSSR count). The largest absolute Gasteiger partial charge is 0.374 e. The zero-order chi connectivity index (χ0) is 13.0. The third kappa shape index (κ3) is 3.55. The molecule has 0 bridgehead atoms. The number of nitrogens with zero attached hydrogens (tertiary/aromatic N) is 1. The van der Waals surface area contributed by atoms with Crippen LogP contribution in [0.15, 0.2) is 24.3 Å². The lowest BCUT2D eigenvalue weighted by atomic mass is 10.0. The molecule has 0 aliphatic carbocycles. The second-order valence-electron chi connectivity index (χ2n) is 5.24. The van der Waals surface area contributed by atoms with Crippen molar-refractivity contribution in [2.75, 3.05) is 33.3 Å². The Balaban J connectivity index is 1.84. The van der Waals surface area contributed by atoms with Crippen molar-refractivity contribution < 1.29 is 4.74 Å². The number of nitrogens with one attached hydrogen (secondary N) is 1. The molecule has 1 N–H and O–H groups in total. The molecule has 1 aromatic carbocycles. The summed E-state index contributed by atoms with van der Waals surface area (Å²) in [6, 6.07) is 8.93. The van der Waals surface area contributed by atoms with E-state index in [2.05, 4.69) is 55.4 Å². The standard InChI is InChI=1S/C15H24N2O/c1-12-6-4-5-7-15(12)13(2)16-10-14-11-17(3)8-9-18-14/h4-7,13-14,16H,8-11H2,1-3H3/t13-,14?/m0/s1. The quantitative estimate of drug-likeness (QED) is 0.882. The van der Waals surface area contributed by atoms with Crippen LogP contribution in [0, 0.1) is 6.92 Å². The molecule has 1 unspecified atom stereocenters. The number of benzene rings is 1. The Morgan fingerprint density at radius 3 is 2.94 bits per heavy atom. The van der Waals surface area contributed by atoms with Crippen molar-refractivity contribution in [3.8, 4) is 0 Å². The highest BCUT2D eigenvalue weighted by Crippen LogP contribution is 2.16. The maximum Gasteiger partial charge on any atom is 0.0826 e. The molecule has 1 aliphatic heterocycles. The van der Waals surface area contributed by atoms with Gasteiger partial charge in [0.2, 0.25) is 0 Å². The summed E-state index contributed by atoms with van der Waals surface area (Å²) in [6.45, 7) is 8.21. The Morgan fingerprint density at radius 1 is 1.44 bits per heavy atom. The number of morpholine rings is 1. The molecule has 0 saturated carbocycles. The zero-order valence-electron chi connectivity index (χ0n) is 11.6. The van der Waals surface area contributed by atoms with E-state index < -0.39 is 0 Å². The van der Waals surface area contributed by atoms with Crippen LogP contribution in [0.25, 0.3) is 0 Å². The van der Waals surface area contributed by atoms with Gasteiger partial charge < -0.3 is 15.0 Å². The summed E-state index contributed by atoms with van der Waals surface area (Å²) in [5.74, 6) is 0. The van der Waals surface area contributed by atoms with Crippen LogP contribution in [-0.2, 0) is 4.74 Å². The van der Waals surface area contributed by atoms with Crippen LogP contribution in [0.5, 0.6) is 0 Å². The Kier molecular flexibility index (Phi) is 4.75. The van der Waals surface area contributed by atoms with E-state index in [0.29, 0.717) is 12.1 Å². The number of likely N-dealkylation sites (N-methyl/N-ethyl adjacent to an activating group) is 1. The van der Waals surface area contributed by atoms with Crippen LogP contribution in [-0.4, -0.2) is 44.3 Å². The molecule has 0 aromatic heterocycles. The van der Waals surface area contributed by atoms with Gasteiger partial charge in [0.05, 0.1) is 12.7 Å². The highest BCUT2D eigenvalue weighted by Gasteiger charge is 2.18. The predicted octanol–water partition coefficient (Wildman–Crippen LogP) is 1.98. The average molecular weight is 248 g/mol. The van der Waals surface area contributed by atoms with Gasteiger partial charge >= 0.3 is 0 Å². The summed E-state index contributed by atoms with van der Waals surface area (Å²) >= 11 is 0. The smallest absolute Gasteiger partial charge is 0.0826 e. The second kappa shape index (κ2) is 6.32. The fraction of sp³-hybridized carbons (Fsp3) is 0.600. The van der Waals surface area contributed by atoms with Gasteiger partial charge in [-0.2, -0.15) is 0 Å². The van der Waals surface area contributed by atoms with Gasteiger partial charge in [0, 0.05) is 25.7 Å². The first kappa shape index (κ1) is 13.5. The summed E-state index contributed by atoms with van der Waals surface area (Å²) in [4.78, 5) is 2.33. The fourth-order valence-electron chi connectivity index (χ4n) is 2.48. The molecule has 0 amide bonds. The molecule has 100 valence electrons. The Bertz CT molecular complexity index is 381. The molecule has 1 saturated heterocycles. The van der Waals surface area contributed by atoms with Crippen molar-refractivity contribution in [1.29, 1.82) is 0 Å². The van der Waals surface area contributed by atoms with Gasteiger partial charge in [0.15, 0.2) is 0 Å². The van der Waals surface area contributed by atoms with Crippen LogP contribution in [0.4, 0.5) is 0 Å². The van der Waals surface area contributed by atoms with Gasteiger partial charge in [-0.3, -0.25) is 0 Å². The first-order valence-corrected chi connectivity index (χ1v) is 6.76. The third-order valence-corrected chi connectivity index (χ3v) is 3.65. The minimum absolute atomic E-state index is 0.315. The Labute approximate surface area is 110 Å². The van der Waals surface area contributed by atoms with Crippen molar-refractivity contribution in [1.82, 2.24) is 10.2 Å². The van der Waals surface area contributed by atoms with Gasteiger partial charge in [-0.1, -0.05) is 24.3 Å². The summed E-state index contributed by atoms with van der Waals surface area (Å²) in [5, 5.41) is 3.58. The van der Waals surface area contributed by atoms with E-state index in [1.807, 2.05) is 0 Å². The van der Waals surface area contributed by atoms with E-state index in [1.54, 1.807) is 0 Å². The van der Waals surface area contributed by atoms with Gasteiger partial charge in [0.25, 0.3) is 0 Å². The molecule has 1 heterocycles. The Hall–Kier alpha value is -0.900. The fourth-order valence-corrected chi connectivity index (χ4v) is 2.48. The summed E-state index contributed by atoms with van der Waals surface area (Å²) in [6.07, 6.45) is 0.315. The van der Waals surface area contributed by atoms with Crippen molar-refractivity contribution in [3.05, 3.63) is 35.4 Å². The van der Waals surface area contributed by atoms with Gasteiger partial charge in [-0.05, 0) is 32.0 Å². The number of aryl methyl sites for hydroxylation is 1. The number of hydrogen-bond donors (Lipinski definition) is 1. The molecular formula is C15H24N2O. The molecule has 1 fully saturated rings. The van der Waals surface area contributed by atoms with Crippen LogP contribution in [0.3, 0.4) is 0 Å². The minimum Gasteiger partial charge on any atom is -0.374 e. The highest BCUT2D eigenvalue weighted by molar-refractivity contribution is 5.28. The average Bonchev–Trinajstić information content (AvgIpc) is 2.37. The molecule has 18 heavy (non-hydrogen) atoms. The Morgan fingerprint density at radius 2 is 2.22 bits per heavy atom. The molecule has 0 radical (unpaired) electrons. The SMILES string of the molecule is Cc1ccccc1[C@H](C)NCC1CN(C)CCO1. The van der Waals surface area contributed by atoms with E-state index in [-0.39, 0.29) is 0 Å². The van der Waals surface area contributed by atoms with Crippen LogP contribution in [0.1, 0.15) is 24.1 Å². The van der Waals surface area contributed by atoms with Gasteiger partial charge in [0.1, 0.15) is 0 Å². The van der Waals surface area contributed by atoms with E-state index in [4.69, 9.17) is 4.74 Å².